The van der Waals surface area contributed by atoms with Gasteiger partial charge in [-0.2, -0.15) is 10.5 Å². The van der Waals surface area contributed by atoms with E-state index in [1.807, 2.05) is 0 Å². The average Bonchev–Trinajstić information content (AvgIpc) is 2.58. The third-order valence-electron chi connectivity index (χ3n) is 6.76. The minimum atomic E-state index is -0.391. The number of hydrogen-bond donors (Lipinski definition) is 0. The van der Waals surface area contributed by atoms with Gasteiger partial charge >= 0.3 is 0 Å². The Morgan fingerprint density at radius 1 is 0.957 bits per heavy atom. The number of hydrogen-bond acceptors (Lipinski definition) is 4. The SMILES string of the molecule is CN(C)CCN1[C@@]2(C#N)CCCC[C@H]2C[C@H]2CCCC[C@]21C#N. The Labute approximate surface area is 141 Å². The number of likely N-dealkylation sites (tertiary alicyclic amines) is 1. The number of rotatable bonds is 3. The normalized spacial score (nSPS) is 40.7. The molecule has 0 spiro atoms. The Balaban J connectivity index is 2.02. The van der Waals surface area contributed by atoms with Crippen molar-refractivity contribution in [2.24, 2.45) is 11.8 Å². The second-order valence-electron chi connectivity index (χ2n) is 8.15. The monoisotopic (exact) mass is 314 g/mol. The molecule has 4 nitrogen and oxygen atoms in total. The van der Waals surface area contributed by atoms with Crippen molar-refractivity contribution in [1.82, 2.24) is 9.80 Å². The molecule has 1 saturated heterocycles. The summed E-state index contributed by atoms with van der Waals surface area (Å²) in [4.78, 5) is 4.58. The topological polar surface area (TPSA) is 54.1 Å². The van der Waals surface area contributed by atoms with E-state index in [0.717, 1.165) is 45.2 Å². The van der Waals surface area contributed by atoms with Crippen LogP contribution in [0.3, 0.4) is 0 Å². The quantitative estimate of drug-likeness (QED) is 0.803. The summed E-state index contributed by atoms with van der Waals surface area (Å²) in [7, 11) is 4.16. The van der Waals surface area contributed by atoms with Crippen molar-refractivity contribution >= 4 is 0 Å². The standard InChI is InChI=1S/C19H30N4/c1-22(2)11-12-23-18(14-20)9-5-3-7-16(18)13-17-8-4-6-10-19(17,23)15-21/h16-17H,3-13H2,1-2H3/t16-,17+,18+,19-. The molecule has 23 heavy (non-hydrogen) atoms. The molecule has 1 heterocycles. The van der Waals surface area contributed by atoms with Gasteiger partial charge in [-0.3, -0.25) is 4.90 Å². The molecule has 0 aromatic carbocycles. The molecular formula is C19H30N4. The number of nitriles is 2. The molecule has 1 aliphatic heterocycles. The van der Waals surface area contributed by atoms with Crippen LogP contribution in [-0.4, -0.2) is 48.1 Å². The van der Waals surface area contributed by atoms with Gasteiger partial charge in [-0.25, -0.2) is 0 Å². The summed E-state index contributed by atoms with van der Waals surface area (Å²) in [6.07, 6.45) is 10.1. The van der Waals surface area contributed by atoms with Gasteiger partial charge in [0.2, 0.25) is 0 Å². The van der Waals surface area contributed by atoms with Crippen LogP contribution in [0.25, 0.3) is 0 Å². The maximum absolute atomic E-state index is 10.2. The van der Waals surface area contributed by atoms with Crippen LogP contribution < -0.4 is 0 Å². The third kappa shape index (κ3) is 2.57. The van der Waals surface area contributed by atoms with Crippen LogP contribution >= 0.6 is 0 Å². The van der Waals surface area contributed by atoms with Gasteiger partial charge in [-0.05, 0) is 58.0 Å². The first kappa shape index (κ1) is 16.7. The zero-order valence-electron chi connectivity index (χ0n) is 14.7. The lowest BCUT2D eigenvalue weighted by atomic mass is 9.57. The molecule has 2 saturated carbocycles. The highest BCUT2D eigenvalue weighted by molar-refractivity contribution is 5.27. The van der Waals surface area contributed by atoms with Crippen LogP contribution in [0.2, 0.25) is 0 Å². The molecule has 3 aliphatic rings. The first-order chi connectivity index (χ1) is 11.1. The summed E-state index contributed by atoms with van der Waals surface area (Å²) < 4.78 is 0. The molecule has 2 aliphatic carbocycles. The van der Waals surface area contributed by atoms with Crippen molar-refractivity contribution in [3.8, 4) is 12.1 Å². The molecule has 0 radical (unpaired) electrons. The summed E-state index contributed by atoms with van der Waals surface area (Å²) in [5, 5.41) is 20.4. The zero-order valence-corrected chi connectivity index (χ0v) is 14.7. The van der Waals surface area contributed by atoms with E-state index in [2.05, 4.69) is 36.0 Å². The largest absolute Gasteiger partial charge is 0.308 e. The molecule has 0 N–H and O–H groups in total. The van der Waals surface area contributed by atoms with Crippen LogP contribution in [-0.2, 0) is 0 Å². The van der Waals surface area contributed by atoms with Gasteiger partial charge in [0.05, 0.1) is 12.1 Å². The highest BCUT2D eigenvalue weighted by atomic mass is 15.3. The van der Waals surface area contributed by atoms with Gasteiger partial charge < -0.3 is 4.90 Å². The minimum absolute atomic E-state index is 0.391. The third-order valence-corrected chi connectivity index (χ3v) is 6.76. The summed E-state index contributed by atoms with van der Waals surface area (Å²) in [5.41, 5.74) is -0.782. The number of piperidine rings is 1. The summed E-state index contributed by atoms with van der Waals surface area (Å²) >= 11 is 0. The van der Waals surface area contributed by atoms with E-state index >= 15 is 0 Å². The maximum Gasteiger partial charge on any atom is 0.113 e. The molecular weight excluding hydrogens is 284 g/mol. The van der Waals surface area contributed by atoms with Crippen molar-refractivity contribution in [3.63, 3.8) is 0 Å². The van der Waals surface area contributed by atoms with E-state index in [9.17, 15) is 10.5 Å². The van der Waals surface area contributed by atoms with E-state index in [0.29, 0.717) is 11.8 Å². The van der Waals surface area contributed by atoms with Gasteiger partial charge in [-0.15, -0.1) is 0 Å². The van der Waals surface area contributed by atoms with Crippen LogP contribution in [0.1, 0.15) is 57.8 Å². The number of fused-ring (bicyclic) bond motifs is 2. The van der Waals surface area contributed by atoms with Crippen LogP contribution in [0.15, 0.2) is 0 Å². The second kappa shape index (κ2) is 6.42. The molecule has 0 bridgehead atoms. The molecule has 0 aromatic heterocycles. The fraction of sp³-hybridized carbons (Fsp3) is 0.895. The highest BCUT2D eigenvalue weighted by Crippen LogP contribution is 2.55. The van der Waals surface area contributed by atoms with Crippen molar-refractivity contribution in [2.45, 2.75) is 68.9 Å². The summed E-state index contributed by atoms with van der Waals surface area (Å²) in [5.74, 6) is 0.931. The Morgan fingerprint density at radius 3 is 1.91 bits per heavy atom. The van der Waals surface area contributed by atoms with Crippen molar-refractivity contribution in [2.75, 3.05) is 27.2 Å². The fourth-order valence-corrected chi connectivity index (χ4v) is 5.61. The van der Waals surface area contributed by atoms with Gasteiger partial charge in [0.25, 0.3) is 0 Å². The van der Waals surface area contributed by atoms with Crippen LogP contribution in [0, 0.1) is 34.5 Å². The molecule has 0 amide bonds. The summed E-state index contributed by atoms with van der Waals surface area (Å²) in [6, 6.07) is 5.48. The Morgan fingerprint density at radius 2 is 1.48 bits per heavy atom. The van der Waals surface area contributed by atoms with Crippen molar-refractivity contribution < 1.29 is 0 Å². The smallest absolute Gasteiger partial charge is 0.113 e. The van der Waals surface area contributed by atoms with E-state index in [1.165, 1.54) is 25.7 Å². The molecule has 0 unspecified atom stereocenters. The van der Waals surface area contributed by atoms with Gasteiger partial charge in [0, 0.05) is 13.1 Å². The number of likely N-dealkylation sites (N-methyl/N-ethyl adjacent to an activating group) is 1. The van der Waals surface area contributed by atoms with E-state index in [4.69, 9.17) is 0 Å². The fourth-order valence-electron chi connectivity index (χ4n) is 5.61. The van der Waals surface area contributed by atoms with Gasteiger partial charge in [0.15, 0.2) is 0 Å². The van der Waals surface area contributed by atoms with E-state index < -0.39 is 11.1 Å². The lowest BCUT2D eigenvalue weighted by Gasteiger charge is -2.61. The lowest BCUT2D eigenvalue weighted by molar-refractivity contribution is -0.112. The number of nitrogens with zero attached hydrogens (tertiary/aromatic N) is 4. The predicted octanol–water partition coefficient (Wildman–Crippen LogP) is 3.16. The second-order valence-corrected chi connectivity index (χ2v) is 8.15. The molecule has 4 heteroatoms. The molecule has 4 atom stereocenters. The van der Waals surface area contributed by atoms with Gasteiger partial charge in [-0.1, -0.05) is 25.7 Å². The average molecular weight is 314 g/mol. The molecule has 3 fully saturated rings. The first-order valence-electron chi connectivity index (χ1n) is 9.34. The van der Waals surface area contributed by atoms with E-state index in [-0.39, 0.29) is 0 Å². The molecule has 0 aromatic rings. The Kier molecular flexibility index (Phi) is 4.68. The van der Waals surface area contributed by atoms with Crippen molar-refractivity contribution in [3.05, 3.63) is 0 Å². The first-order valence-corrected chi connectivity index (χ1v) is 9.34. The molecule has 3 rings (SSSR count). The van der Waals surface area contributed by atoms with Crippen LogP contribution in [0.4, 0.5) is 0 Å². The van der Waals surface area contributed by atoms with Crippen molar-refractivity contribution in [1.29, 1.82) is 10.5 Å². The lowest BCUT2D eigenvalue weighted by Crippen LogP contribution is -2.71. The van der Waals surface area contributed by atoms with Crippen LogP contribution in [0.5, 0.6) is 0 Å². The minimum Gasteiger partial charge on any atom is -0.308 e. The highest BCUT2D eigenvalue weighted by Gasteiger charge is 2.61. The molecule has 126 valence electrons. The van der Waals surface area contributed by atoms with Gasteiger partial charge in [0.1, 0.15) is 11.1 Å². The van der Waals surface area contributed by atoms with E-state index in [1.54, 1.807) is 0 Å². The summed E-state index contributed by atoms with van der Waals surface area (Å²) in [6.45, 7) is 1.77. The Hall–Kier alpha value is -1.10. The Bertz CT molecular complexity index is 476. The zero-order chi connectivity index (χ0) is 16.5. The predicted molar refractivity (Wildman–Crippen MR) is 90.5 cm³/mol. The maximum atomic E-state index is 10.2.